The highest BCUT2D eigenvalue weighted by Gasteiger charge is 2.58. The number of hydrogen-bond donors (Lipinski definition) is 3. The van der Waals surface area contributed by atoms with Crippen LogP contribution in [-0.2, 0) is 25.5 Å². The van der Waals surface area contributed by atoms with E-state index in [1.807, 2.05) is 18.2 Å². The minimum atomic E-state index is -1.15. The van der Waals surface area contributed by atoms with Gasteiger partial charge in [-0.25, -0.2) is 9.18 Å². The van der Waals surface area contributed by atoms with Crippen molar-refractivity contribution >= 4 is 29.5 Å². The highest BCUT2D eigenvalue weighted by Crippen LogP contribution is 2.54. The molecule has 2 aromatic rings. The summed E-state index contributed by atoms with van der Waals surface area (Å²) in [5.74, 6) is -1.12. The van der Waals surface area contributed by atoms with Crippen molar-refractivity contribution in [2.24, 2.45) is 11.3 Å². The van der Waals surface area contributed by atoms with Gasteiger partial charge in [0.15, 0.2) is 0 Å². The second kappa shape index (κ2) is 9.66. The molecule has 6 rings (SSSR count). The fourth-order valence-corrected chi connectivity index (χ4v) is 6.94. The van der Waals surface area contributed by atoms with Gasteiger partial charge in [0.05, 0.1) is 25.4 Å². The molecule has 2 saturated heterocycles. The summed E-state index contributed by atoms with van der Waals surface area (Å²) in [4.78, 5) is 51.4. The van der Waals surface area contributed by atoms with E-state index in [4.69, 9.17) is 4.74 Å². The van der Waals surface area contributed by atoms with Gasteiger partial charge in [-0.05, 0) is 66.0 Å². The van der Waals surface area contributed by atoms with Crippen molar-refractivity contribution < 1.29 is 28.3 Å². The maximum atomic E-state index is 15.5. The van der Waals surface area contributed by atoms with Crippen LogP contribution in [0.4, 0.5) is 14.9 Å². The third-order valence-corrected chi connectivity index (χ3v) is 8.75. The average Bonchev–Trinajstić information content (AvgIpc) is 3.30. The highest BCUT2D eigenvalue weighted by atomic mass is 19.1. The van der Waals surface area contributed by atoms with Crippen LogP contribution in [0.5, 0.6) is 0 Å². The lowest BCUT2D eigenvalue weighted by Gasteiger charge is -2.50. The summed E-state index contributed by atoms with van der Waals surface area (Å²) in [6.45, 7) is 1.91. The van der Waals surface area contributed by atoms with E-state index >= 15 is 4.39 Å². The zero-order valence-electron chi connectivity index (χ0n) is 21.7. The zero-order chi connectivity index (χ0) is 27.3. The Balaban J connectivity index is 1.30. The number of rotatable bonds is 4. The zero-order valence-corrected chi connectivity index (χ0v) is 21.7. The molecule has 1 saturated carbocycles. The second-order valence-electron chi connectivity index (χ2n) is 11.0. The van der Waals surface area contributed by atoms with Crippen LogP contribution in [-0.4, -0.2) is 49.7 Å². The summed E-state index contributed by atoms with van der Waals surface area (Å²) in [6, 6.07) is 10.4. The molecule has 9 nitrogen and oxygen atoms in total. The third kappa shape index (κ3) is 4.22. The predicted octanol–water partition coefficient (Wildman–Crippen LogP) is 2.97. The molecule has 0 bridgehead atoms. The first-order valence-electron chi connectivity index (χ1n) is 13.5. The lowest BCUT2D eigenvalue weighted by molar-refractivity contribution is -0.154. The van der Waals surface area contributed by atoms with Gasteiger partial charge >= 0.3 is 6.09 Å². The Morgan fingerprint density at radius 3 is 2.62 bits per heavy atom. The molecule has 2 aliphatic carbocycles. The number of anilines is 1. The molecule has 2 heterocycles. The van der Waals surface area contributed by atoms with Gasteiger partial charge in [-0.15, -0.1) is 0 Å². The van der Waals surface area contributed by atoms with Gasteiger partial charge in [0.1, 0.15) is 17.3 Å². The number of fused-ring (bicyclic) bond motifs is 4. The summed E-state index contributed by atoms with van der Waals surface area (Å²) in [5, 5.41) is 8.33. The van der Waals surface area contributed by atoms with Crippen LogP contribution in [0.1, 0.15) is 49.7 Å². The first-order chi connectivity index (χ1) is 18.8. The maximum Gasteiger partial charge on any atom is 0.414 e. The number of carbonyl (C=O) groups excluding carboxylic acids is 4. The molecule has 204 valence electrons. The molecule has 1 spiro atoms. The average molecular weight is 535 g/mol. The summed E-state index contributed by atoms with van der Waals surface area (Å²) in [5.41, 5.74) is 2.26. The molecule has 3 atom stereocenters. The summed E-state index contributed by atoms with van der Waals surface area (Å²) in [6.07, 6.45) is 2.95. The molecule has 39 heavy (non-hydrogen) atoms. The van der Waals surface area contributed by atoms with E-state index < -0.39 is 23.4 Å². The molecular formula is C29H31FN4O5. The van der Waals surface area contributed by atoms with Gasteiger partial charge in [-0.3, -0.25) is 19.3 Å². The van der Waals surface area contributed by atoms with Gasteiger partial charge in [0.2, 0.25) is 17.7 Å². The van der Waals surface area contributed by atoms with Crippen molar-refractivity contribution in [3.63, 3.8) is 0 Å². The lowest BCUT2D eigenvalue weighted by Crippen LogP contribution is -2.65. The number of benzene rings is 2. The number of amides is 4. The summed E-state index contributed by atoms with van der Waals surface area (Å²) in [7, 11) is 0. The Morgan fingerprint density at radius 1 is 1.10 bits per heavy atom. The minimum absolute atomic E-state index is 0.0596. The molecule has 3 N–H and O–H groups in total. The monoisotopic (exact) mass is 534 g/mol. The first-order valence-corrected chi connectivity index (χ1v) is 13.5. The molecule has 2 aliphatic heterocycles. The summed E-state index contributed by atoms with van der Waals surface area (Å²) < 4.78 is 20.8. The molecule has 0 radical (unpaired) electrons. The largest absolute Gasteiger partial charge is 0.442 e. The van der Waals surface area contributed by atoms with Gasteiger partial charge in [0.25, 0.3) is 0 Å². The van der Waals surface area contributed by atoms with E-state index in [2.05, 4.69) is 16.0 Å². The second-order valence-corrected chi connectivity index (χ2v) is 11.0. The van der Waals surface area contributed by atoms with E-state index in [9.17, 15) is 19.2 Å². The van der Waals surface area contributed by atoms with Crippen molar-refractivity contribution in [1.82, 2.24) is 16.0 Å². The molecule has 4 aliphatic rings. The van der Waals surface area contributed by atoms with E-state index in [1.165, 1.54) is 17.9 Å². The van der Waals surface area contributed by atoms with Crippen LogP contribution in [0.3, 0.4) is 0 Å². The van der Waals surface area contributed by atoms with Crippen LogP contribution in [0, 0.1) is 17.2 Å². The molecule has 2 aromatic carbocycles. The van der Waals surface area contributed by atoms with E-state index in [-0.39, 0.29) is 55.7 Å². The Kier molecular flexibility index (Phi) is 6.28. The number of halogens is 1. The van der Waals surface area contributed by atoms with E-state index in [0.29, 0.717) is 16.8 Å². The van der Waals surface area contributed by atoms with Crippen LogP contribution in [0.2, 0.25) is 0 Å². The number of carbonyl (C=O) groups is 4. The molecule has 0 aromatic heterocycles. The molecule has 10 heteroatoms. The number of nitrogens with one attached hydrogen (secondary N) is 3. The Labute approximate surface area is 225 Å². The standard InChI is InChI=1S/C29H31FN4O5/c1-16(35)31-13-20-14-34(28(38)39-20)19-7-9-22(25(30)11-19)17-6-8-21-18(10-17)12-29(24-5-3-2-4-23(21)24)26(36)32-15-33-27(29)37/h6-11,20,23-24H,2-5,12-15H2,1H3,(H,31,35)(H,32,36)(H,33,37)/t20-,23?,24?/m0/s1. The van der Waals surface area contributed by atoms with Gasteiger partial charge < -0.3 is 20.7 Å². The van der Waals surface area contributed by atoms with Crippen molar-refractivity contribution in [2.45, 2.75) is 51.0 Å². The predicted molar refractivity (Wildman–Crippen MR) is 140 cm³/mol. The molecule has 4 amide bonds. The fourth-order valence-electron chi connectivity index (χ4n) is 6.94. The minimum Gasteiger partial charge on any atom is -0.442 e. The Bertz CT molecular complexity index is 1360. The Morgan fingerprint density at radius 2 is 1.87 bits per heavy atom. The van der Waals surface area contributed by atoms with Gasteiger partial charge in [-0.2, -0.15) is 0 Å². The number of nitrogens with zero attached hydrogens (tertiary/aromatic N) is 1. The first kappa shape index (κ1) is 25.3. The smallest absolute Gasteiger partial charge is 0.414 e. The Hall–Kier alpha value is -3.95. The van der Waals surface area contributed by atoms with Crippen LogP contribution in [0.25, 0.3) is 11.1 Å². The maximum absolute atomic E-state index is 15.5. The SMILES string of the molecule is CC(=O)NC[C@H]1CN(c2ccc(-c3ccc4c(c3)CC3(C(=O)NCNC3=O)C3CCCCC43)c(F)c2)C(=O)O1. The van der Waals surface area contributed by atoms with Crippen molar-refractivity contribution in [3.05, 3.63) is 53.3 Å². The van der Waals surface area contributed by atoms with Crippen LogP contribution < -0.4 is 20.9 Å². The van der Waals surface area contributed by atoms with Crippen LogP contribution in [0.15, 0.2) is 36.4 Å². The van der Waals surface area contributed by atoms with Crippen molar-refractivity contribution in [1.29, 1.82) is 0 Å². The van der Waals surface area contributed by atoms with Gasteiger partial charge in [-0.1, -0.05) is 31.0 Å². The fraction of sp³-hybridized carbons (Fsp3) is 0.448. The topological polar surface area (TPSA) is 117 Å². The van der Waals surface area contributed by atoms with Crippen LogP contribution >= 0.6 is 0 Å². The third-order valence-electron chi connectivity index (χ3n) is 8.75. The highest BCUT2D eigenvalue weighted by molar-refractivity contribution is 6.08. The molecule has 3 fully saturated rings. The molecular weight excluding hydrogens is 503 g/mol. The number of cyclic esters (lactones) is 1. The van der Waals surface area contributed by atoms with Gasteiger partial charge in [0, 0.05) is 12.5 Å². The normalized spacial score (nSPS) is 25.3. The van der Waals surface area contributed by atoms with Crippen molar-refractivity contribution in [3.8, 4) is 11.1 Å². The molecule has 2 unspecified atom stereocenters. The summed E-state index contributed by atoms with van der Waals surface area (Å²) >= 11 is 0. The van der Waals surface area contributed by atoms with Crippen molar-refractivity contribution in [2.75, 3.05) is 24.7 Å². The van der Waals surface area contributed by atoms with E-state index in [1.54, 1.807) is 12.1 Å². The number of ether oxygens (including phenoxy) is 1. The quantitative estimate of drug-likeness (QED) is 0.522. The lowest BCUT2D eigenvalue weighted by atomic mass is 9.54. The number of hydrogen-bond acceptors (Lipinski definition) is 5. The van der Waals surface area contributed by atoms with E-state index in [0.717, 1.165) is 36.8 Å².